The molecule has 1 aliphatic carbocycles. The van der Waals surface area contributed by atoms with E-state index >= 15 is 0 Å². The van der Waals surface area contributed by atoms with Crippen molar-refractivity contribution in [2.24, 2.45) is 5.92 Å². The molecule has 4 nitrogen and oxygen atoms in total. The molecule has 2 unspecified atom stereocenters. The highest BCUT2D eigenvalue weighted by molar-refractivity contribution is 6.21. The first-order chi connectivity index (χ1) is 8.65. The van der Waals surface area contributed by atoms with E-state index in [2.05, 4.69) is 17.6 Å². The van der Waals surface area contributed by atoms with E-state index in [1.54, 1.807) is 12.1 Å². The van der Waals surface area contributed by atoms with Crippen LogP contribution in [0.4, 0.5) is 5.69 Å². The molecule has 2 aliphatic rings. The molecule has 0 bridgehead atoms. The van der Waals surface area contributed by atoms with Crippen molar-refractivity contribution in [1.29, 1.82) is 0 Å². The van der Waals surface area contributed by atoms with Gasteiger partial charge < -0.3 is 5.32 Å². The summed E-state index contributed by atoms with van der Waals surface area (Å²) in [5.41, 5.74) is 1.89. The highest BCUT2D eigenvalue weighted by Gasteiger charge is 2.28. The maximum atomic E-state index is 11.6. The van der Waals surface area contributed by atoms with Gasteiger partial charge in [0.1, 0.15) is 0 Å². The van der Waals surface area contributed by atoms with Gasteiger partial charge in [-0.1, -0.05) is 13.3 Å². The lowest BCUT2D eigenvalue weighted by molar-refractivity contribution is 0.0879. The molecule has 1 aliphatic heterocycles. The highest BCUT2D eigenvalue weighted by atomic mass is 16.2. The number of benzene rings is 1. The Morgan fingerprint density at radius 2 is 1.94 bits per heavy atom. The first kappa shape index (κ1) is 11.3. The fourth-order valence-corrected chi connectivity index (χ4v) is 2.83. The van der Waals surface area contributed by atoms with Gasteiger partial charge in [0.2, 0.25) is 0 Å². The SMILES string of the molecule is CC1CCCC1Nc1ccc2c(c1)C(=O)NC2=O. The minimum absolute atomic E-state index is 0.293. The minimum Gasteiger partial charge on any atom is -0.382 e. The first-order valence-corrected chi connectivity index (χ1v) is 6.41. The Morgan fingerprint density at radius 1 is 1.17 bits per heavy atom. The molecule has 1 heterocycles. The minimum atomic E-state index is -0.296. The van der Waals surface area contributed by atoms with Crippen molar-refractivity contribution in [1.82, 2.24) is 5.32 Å². The van der Waals surface area contributed by atoms with Gasteiger partial charge in [-0.2, -0.15) is 0 Å². The number of nitrogens with one attached hydrogen (secondary N) is 2. The van der Waals surface area contributed by atoms with Crippen molar-refractivity contribution in [3.8, 4) is 0 Å². The molecule has 1 saturated carbocycles. The summed E-state index contributed by atoms with van der Waals surface area (Å²) in [5, 5.41) is 5.77. The Bertz CT molecular complexity index is 525. The van der Waals surface area contributed by atoms with Gasteiger partial charge in [-0.25, -0.2) is 0 Å². The molecule has 2 N–H and O–H groups in total. The van der Waals surface area contributed by atoms with Gasteiger partial charge in [-0.05, 0) is 37.0 Å². The van der Waals surface area contributed by atoms with Crippen LogP contribution in [0.3, 0.4) is 0 Å². The van der Waals surface area contributed by atoms with Crippen LogP contribution in [0.5, 0.6) is 0 Å². The van der Waals surface area contributed by atoms with E-state index in [9.17, 15) is 9.59 Å². The third kappa shape index (κ3) is 1.78. The van der Waals surface area contributed by atoms with Crippen LogP contribution in [0.25, 0.3) is 0 Å². The number of amides is 2. The zero-order chi connectivity index (χ0) is 12.7. The topological polar surface area (TPSA) is 58.2 Å². The van der Waals surface area contributed by atoms with Crippen molar-refractivity contribution in [3.05, 3.63) is 29.3 Å². The number of fused-ring (bicyclic) bond motifs is 1. The maximum Gasteiger partial charge on any atom is 0.259 e. The Hall–Kier alpha value is -1.84. The zero-order valence-corrected chi connectivity index (χ0v) is 10.3. The van der Waals surface area contributed by atoms with E-state index in [0.717, 1.165) is 5.69 Å². The second-order valence-electron chi connectivity index (χ2n) is 5.20. The van der Waals surface area contributed by atoms with Crippen LogP contribution in [0.15, 0.2) is 18.2 Å². The lowest BCUT2D eigenvalue weighted by atomic mass is 10.0. The van der Waals surface area contributed by atoms with Crippen molar-refractivity contribution in [2.75, 3.05) is 5.32 Å². The Kier molecular flexibility index (Phi) is 2.58. The third-order valence-corrected chi connectivity index (χ3v) is 3.95. The molecule has 4 heteroatoms. The molecule has 0 radical (unpaired) electrons. The molecular formula is C14H16N2O2. The molecule has 94 valence electrons. The summed E-state index contributed by atoms with van der Waals surface area (Å²) in [6.07, 6.45) is 3.67. The van der Waals surface area contributed by atoms with Crippen molar-refractivity contribution < 1.29 is 9.59 Å². The van der Waals surface area contributed by atoms with E-state index in [-0.39, 0.29) is 11.8 Å². The lowest BCUT2D eigenvalue weighted by Gasteiger charge is -2.18. The Morgan fingerprint density at radius 3 is 2.67 bits per heavy atom. The zero-order valence-electron chi connectivity index (χ0n) is 10.3. The Labute approximate surface area is 106 Å². The molecule has 0 aromatic heterocycles. The second kappa shape index (κ2) is 4.12. The van der Waals surface area contributed by atoms with Gasteiger partial charge in [0.15, 0.2) is 0 Å². The largest absolute Gasteiger partial charge is 0.382 e. The van der Waals surface area contributed by atoms with Crippen molar-refractivity contribution >= 4 is 17.5 Å². The predicted octanol–water partition coefficient (Wildman–Crippen LogP) is 2.17. The van der Waals surface area contributed by atoms with Gasteiger partial charge in [0.25, 0.3) is 11.8 Å². The molecule has 2 amide bonds. The molecule has 1 fully saturated rings. The molecule has 0 saturated heterocycles. The third-order valence-electron chi connectivity index (χ3n) is 3.95. The van der Waals surface area contributed by atoms with Crippen molar-refractivity contribution in [3.63, 3.8) is 0 Å². The van der Waals surface area contributed by atoms with Gasteiger partial charge in [0, 0.05) is 11.7 Å². The average molecular weight is 244 g/mol. The van der Waals surface area contributed by atoms with Gasteiger partial charge in [-0.3, -0.25) is 14.9 Å². The molecule has 2 atom stereocenters. The van der Waals surface area contributed by atoms with E-state index < -0.39 is 0 Å². The van der Waals surface area contributed by atoms with Crippen LogP contribution in [0, 0.1) is 5.92 Å². The Balaban J connectivity index is 1.85. The summed E-state index contributed by atoms with van der Waals surface area (Å²) in [5.74, 6) is 0.0719. The van der Waals surface area contributed by atoms with Crippen LogP contribution < -0.4 is 10.6 Å². The smallest absolute Gasteiger partial charge is 0.259 e. The van der Waals surface area contributed by atoms with E-state index in [1.165, 1.54) is 19.3 Å². The monoisotopic (exact) mass is 244 g/mol. The molecule has 0 spiro atoms. The standard InChI is InChI=1S/C14H16N2O2/c1-8-3-2-4-12(8)15-9-5-6-10-11(7-9)14(18)16-13(10)17/h5-8,12,15H,2-4H2,1H3,(H,16,17,18). The first-order valence-electron chi connectivity index (χ1n) is 6.41. The number of carbonyl (C=O) groups excluding carboxylic acids is 2. The number of anilines is 1. The average Bonchev–Trinajstić information content (AvgIpc) is 2.86. The highest BCUT2D eigenvalue weighted by Crippen LogP contribution is 2.29. The predicted molar refractivity (Wildman–Crippen MR) is 68.7 cm³/mol. The van der Waals surface area contributed by atoms with Gasteiger partial charge in [0.05, 0.1) is 11.1 Å². The quantitative estimate of drug-likeness (QED) is 0.784. The summed E-state index contributed by atoms with van der Waals surface area (Å²) in [6, 6.07) is 5.85. The summed E-state index contributed by atoms with van der Waals surface area (Å²) in [4.78, 5) is 23.0. The number of imide groups is 1. The van der Waals surface area contributed by atoms with Crippen LogP contribution in [-0.4, -0.2) is 17.9 Å². The second-order valence-corrected chi connectivity index (χ2v) is 5.20. The number of carbonyl (C=O) groups is 2. The number of hydrogen-bond acceptors (Lipinski definition) is 3. The van der Waals surface area contributed by atoms with Crippen LogP contribution in [0.1, 0.15) is 46.9 Å². The lowest BCUT2D eigenvalue weighted by Crippen LogP contribution is -2.22. The normalized spacial score (nSPS) is 26.1. The number of rotatable bonds is 2. The van der Waals surface area contributed by atoms with E-state index in [4.69, 9.17) is 0 Å². The fraction of sp³-hybridized carbons (Fsp3) is 0.429. The molecule has 3 rings (SSSR count). The molecule has 18 heavy (non-hydrogen) atoms. The molecular weight excluding hydrogens is 228 g/mol. The molecule has 1 aromatic rings. The van der Waals surface area contributed by atoms with Crippen LogP contribution in [0.2, 0.25) is 0 Å². The van der Waals surface area contributed by atoms with Crippen molar-refractivity contribution in [2.45, 2.75) is 32.2 Å². The summed E-state index contributed by atoms with van der Waals surface area (Å²) < 4.78 is 0. The summed E-state index contributed by atoms with van der Waals surface area (Å²) >= 11 is 0. The van der Waals surface area contributed by atoms with Gasteiger partial charge >= 0.3 is 0 Å². The molecule has 1 aromatic carbocycles. The van der Waals surface area contributed by atoms with Crippen LogP contribution in [-0.2, 0) is 0 Å². The summed E-state index contributed by atoms with van der Waals surface area (Å²) in [6.45, 7) is 2.24. The van der Waals surface area contributed by atoms with E-state index in [1.807, 2.05) is 6.07 Å². The van der Waals surface area contributed by atoms with Gasteiger partial charge in [-0.15, -0.1) is 0 Å². The maximum absolute atomic E-state index is 11.6. The number of hydrogen-bond donors (Lipinski definition) is 2. The van der Waals surface area contributed by atoms with E-state index in [0.29, 0.717) is 23.1 Å². The fourth-order valence-electron chi connectivity index (χ4n) is 2.83. The summed E-state index contributed by atoms with van der Waals surface area (Å²) in [7, 11) is 0. The van der Waals surface area contributed by atoms with Crippen LogP contribution >= 0.6 is 0 Å².